The highest BCUT2D eigenvalue weighted by atomic mass is 35.5. The van der Waals surface area contributed by atoms with Gasteiger partial charge in [0.15, 0.2) is 0 Å². The Kier molecular flexibility index (Phi) is 5.61. The van der Waals surface area contributed by atoms with Crippen LogP contribution in [-0.4, -0.2) is 26.2 Å². The van der Waals surface area contributed by atoms with Crippen LogP contribution in [0.2, 0.25) is 5.02 Å². The minimum atomic E-state index is -3.72. The molecular formula is C12H19ClN2O3S. The highest BCUT2D eigenvalue weighted by molar-refractivity contribution is 7.89. The number of benzene rings is 1. The first-order valence-electron chi connectivity index (χ1n) is 6.01. The number of aliphatic hydroxyl groups excluding tert-OH is 1. The second kappa shape index (κ2) is 6.56. The Morgan fingerprint density at radius 2 is 2.11 bits per heavy atom. The van der Waals surface area contributed by atoms with Gasteiger partial charge < -0.3 is 10.8 Å². The lowest BCUT2D eigenvalue weighted by Crippen LogP contribution is -2.32. The number of aliphatic hydroxyl groups is 1. The van der Waals surface area contributed by atoms with Crippen LogP contribution >= 0.6 is 11.6 Å². The smallest absolute Gasteiger partial charge is 0.241 e. The summed E-state index contributed by atoms with van der Waals surface area (Å²) in [6, 6.07) is 2.85. The first-order chi connectivity index (χ1) is 8.77. The second-order valence-electron chi connectivity index (χ2n) is 4.41. The lowest BCUT2D eigenvalue weighted by atomic mass is 10.2. The Labute approximate surface area is 118 Å². The summed E-state index contributed by atoms with van der Waals surface area (Å²) in [5.41, 5.74) is 6.46. The fourth-order valence-corrected chi connectivity index (χ4v) is 3.33. The van der Waals surface area contributed by atoms with Crippen molar-refractivity contribution in [1.82, 2.24) is 4.72 Å². The number of nitrogens with two attached hydrogens (primary N) is 1. The van der Waals surface area contributed by atoms with Crippen LogP contribution in [-0.2, 0) is 10.0 Å². The third-order valence-electron chi connectivity index (χ3n) is 2.79. The van der Waals surface area contributed by atoms with Crippen LogP contribution in [0, 0.1) is 6.92 Å². The van der Waals surface area contributed by atoms with E-state index in [1.165, 1.54) is 12.1 Å². The van der Waals surface area contributed by atoms with Crippen LogP contribution in [0.5, 0.6) is 0 Å². The fraction of sp³-hybridized carbons (Fsp3) is 0.500. The van der Waals surface area contributed by atoms with Crippen molar-refractivity contribution in [3.8, 4) is 0 Å². The molecule has 19 heavy (non-hydrogen) atoms. The van der Waals surface area contributed by atoms with Crippen LogP contribution in [0.4, 0.5) is 5.69 Å². The Morgan fingerprint density at radius 1 is 1.47 bits per heavy atom. The summed E-state index contributed by atoms with van der Waals surface area (Å²) < 4.78 is 26.6. The van der Waals surface area contributed by atoms with Crippen LogP contribution < -0.4 is 10.5 Å². The third-order valence-corrected chi connectivity index (χ3v) is 4.55. The van der Waals surface area contributed by atoms with E-state index in [-0.39, 0.29) is 16.5 Å². The van der Waals surface area contributed by atoms with Gasteiger partial charge in [-0.15, -0.1) is 0 Å². The maximum atomic E-state index is 12.1. The minimum Gasteiger partial charge on any atom is -0.398 e. The first kappa shape index (κ1) is 16.2. The molecule has 1 aromatic rings. The van der Waals surface area contributed by atoms with Gasteiger partial charge in [0.25, 0.3) is 0 Å². The average molecular weight is 307 g/mol. The van der Waals surface area contributed by atoms with Gasteiger partial charge in [0.05, 0.1) is 11.0 Å². The molecule has 0 spiro atoms. The van der Waals surface area contributed by atoms with Crippen molar-refractivity contribution < 1.29 is 13.5 Å². The van der Waals surface area contributed by atoms with Gasteiger partial charge in [-0.1, -0.05) is 24.9 Å². The van der Waals surface area contributed by atoms with E-state index >= 15 is 0 Å². The zero-order valence-corrected chi connectivity index (χ0v) is 12.6. The Hall–Kier alpha value is -0.820. The van der Waals surface area contributed by atoms with Crippen molar-refractivity contribution in [3.63, 3.8) is 0 Å². The van der Waals surface area contributed by atoms with Crippen LogP contribution in [0.15, 0.2) is 17.0 Å². The standard InChI is InChI=1S/C12H19ClN2O3S/c1-3-4-10(16)7-15-19(17,18)12-6-9(13)5-11(14)8(12)2/h5-6,10,15-16H,3-4,7,14H2,1-2H3. The molecule has 7 heteroatoms. The molecule has 0 aliphatic heterocycles. The molecule has 1 atom stereocenters. The van der Waals surface area contributed by atoms with Gasteiger partial charge >= 0.3 is 0 Å². The van der Waals surface area contributed by atoms with Gasteiger partial charge in [0.2, 0.25) is 10.0 Å². The van der Waals surface area contributed by atoms with Crippen molar-refractivity contribution >= 4 is 27.3 Å². The van der Waals surface area contributed by atoms with E-state index < -0.39 is 16.1 Å². The van der Waals surface area contributed by atoms with E-state index in [0.717, 1.165) is 6.42 Å². The summed E-state index contributed by atoms with van der Waals surface area (Å²) in [5.74, 6) is 0. The number of hydrogen-bond donors (Lipinski definition) is 3. The molecule has 0 heterocycles. The van der Waals surface area contributed by atoms with Crippen molar-refractivity contribution in [2.24, 2.45) is 0 Å². The lowest BCUT2D eigenvalue weighted by Gasteiger charge is -2.14. The zero-order chi connectivity index (χ0) is 14.6. The van der Waals surface area contributed by atoms with E-state index in [4.69, 9.17) is 17.3 Å². The first-order valence-corrected chi connectivity index (χ1v) is 7.87. The van der Waals surface area contributed by atoms with Crippen LogP contribution in [0.25, 0.3) is 0 Å². The number of rotatable bonds is 6. The van der Waals surface area contributed by atoms with Gasteiger partial charge in [-0.3, -0.25) is 0 Å². The molecule has 1 rings (SSSR count). The number of nitrogen functional groups attached to an aromatic ring is 1. The summed E-state index contributed by atoms with van der Waals surface area (Å²) in [6.07, 6.45) is 0.627. The van der Waals surface area contributed by atoms with E-state index in [1.54, 1.807) is 6.92 Å². The van der Waals surface area contributed by atoms with E-state index in [9.17, 15) is 13.5 Å². The van der Waals surface area contributed by atoms with Gasteiger partial charge in [-0.25, -0.2) is 13.1 Å². The van der Waals surface area contributed by atoms with Gasteiger partial charge in [0.1, 0.15) is 0 Å². The topological polar surface area (TPSA) is 92.4 Å². The van der Waals surface area contributed by atoms with Gasteiger partial charge in [-0.05, 0) is 31.0 Å². The molecule has 0 radical (unpaired) electrons. The summed E-state index contributed by atoms with van der Waals surface area (Å²) >= 11 is 5.82. The fourth-order valence-electron chi connectivity index (χ4n) is 1.67. The van der Waals surface area contributed by atoms with Crippen molar-refractivity contribution in [2.75, 3.05) is 12.3 Å². The van der Waals surface area contributed by atoms with Crippen LogP contribution in [0.3, 0.4) is 0 Å². The molecule has 0 aliphatic rings. The predicted octanol–water partition coefficient (Wildman–Crippen LogP) is 1.67. The molecule has 0 saturated carbocycles. The molecule has 0 saturated heterocycles. The zero-order valence-electron chi connectivity index (χ0n) is 11.0. The SMILES string of the molecule is CCCC(O)CNS(=O)(=O)c1cc(Cl)cc(N)c1C. The van der Waals surface area contributed by atoms with Crippen molar-refractivity contribution in [3.05, 3.63) is 22.7 Å². The molecule has 1 aromatic carbocycles. The van der Waals surface area contributed by atoms with E-state index in [0.29, 0.717) is 17.7 Å². The normalized spacial score (nSPS) is 13.5. The molecule has 0 aliphatic carbocycles. The van der Waals surface area contributed by atoms with E-state index in [1.807, 2.05) is 6.92 Å². The minimum absolute atomic E-state index is 0.0258. The number of hydrogen-bond acceptors (Lipinski definition) is 4. The monoisotopic (exact) mass is 306 g/mol. The van der Waals surface area contributed by atoms with E-state index in [2.05, 4.69) is 4.72 Å². The summed E-state index contributed by atoms with van der Waals surface area (Å²) in [5, 5.41) is 9.82. The average Bonchev–Trinajstić information content (AvgIpc) is 2.31. The molecule has 0 amide bonds. The molecular weight excluding hydrogens is 288 g/mol. The number of sulfonamides is 1. The Morgan fingerprint density at radius 3 is 2.68 bits per heavy atom. The summed E-state index contributed by atoms with van der Waals surface area (Å²) in [6.45, 7) is 3.50. The Bertz CT molecular complexity index is 546. The van der Waals surface area contributed by atoms with Crippen LogP contribution in [0.1, 0.15) is 25.3 Å². The highest BCUT2D eigenvalue weighted by Crippen LogP contribution is 2.25. The molecule has 5 nitrogen and oxygen atoms in total. The highest BCUT2D eigenvalue weighted by Gasteiger charge is 2.20. The molecule has 0 fully saturated rings. The van der Waals surface area contributed by atoms with Gasteiger partial charge in [0, 0.05) is 17.3 Å². The largest absolute Gasteiger partial charge is 0.398 e. The molecule has 0 bridgehead atoms. The third kappa shape index (κ3) is 4.35. The number of anilines is 1. The van der Waals surface area contributed by atoms with Crippen molar-refractivity contribution in [1.29, 1.82) is 0 Å². The molecule has 0 aromatic heterocycles. The lowest BCUT2D eigenvalue weighted by molar-refractivity contribution is 0.167. The van der Waals surface area contributed by atoms with Crippen molar-refractivity contribution in [2.45, 2.75) is 37.7 Å². The maximum Gasteiger partial charge on any atom is 0.241 e. The molecule has 108 valence electrons. The molecule has 4 N–H and O–H groups in total. The second-order valence-corrected chi connectivity index (χ2v) is 6.58. The predicted molar refractivity (Wildman–Crippen MR) is 76.7 cm³/mol. The molecule has 1 unspecified atom stereocenters. The quantitative estimate of drug-likeness (QED) is 0.697. The van der Waals surface area contributed by atoms with Gasteiger partial charge in [-0.2, -0.15) is 0 Å². The maximum absolute atomic E-state index is 12.1. The number of nitrogens with one attached hydrogen (secondary N) is 1. The summed E-state index contributed by atoms with van der Waals surface area (Å²) in [7, 11) is -3.72. The summed E-state index contributed by atoms with van der Waals surface area (Å²) in [4.78, 5) is 0.0428. The number of halogens is 1. The Balaban J connectivity index is 2.95.